The summed E-state index contributed by atoms with van der Waals surface area (Å²) in [6, 6.07) is 5.89. The summed E-state index contributed by atoms with van der Waals surface area (Å²) in [5.41, 5.74) is 0.893. The van der Waals surface area contributed by atoms with Crippen LogP contribution in [0.15, 0.2) is 30.8 Å². The molecule has 3 unspecified atom stereocenters. The first kappa shape index (κ1) is 33.5. The fourth-order valence-electron chi connectivity index (χ4n) is 4.20. The maximum Gasteiger partial charge on any atom is 0.408 e. The molecule has 0 fully saturated rings. The van der Waals surface area contributed by atoms with Crippen molar-refractivity contribution in [1.82, 2.24) is 15.5 Å². The van der Waals surface area contributed by atoms with Crippen molar-refractivity contribution in [3.8, 4) is 0 Å². The molecule has 1 aromatic carbocycles. The van der Waals surface area contributed by atoms with Crippen LogP contribution in [0, 0.1) is 0 Å². The number of rotatable bonds is 16. The highest BCUT2D eigenvalue weighted by Gasteiger charge is 2.36. The van der Waals surface area contributed by atoms with Gasteiger partial charge in [-0.25, -0.2) is 4.79 Å². The van der Waals surface area contributed by atoms with Gasteiger partial charge in [-0.3, -0.25) is 9.59 Å². The summed E-state index contributed by atoms with van der Waals surface area (Å²) in [5.74, 6) is 0.164. The van der Waals surface area contributed by atoms with E-state index in [9.17, 15) is 14.4 Å². The lowest BCUT2D eigenvalue weighted by Gasteiger charge is -2.35. The number of unbranched alkanes of at least 4 members (excludes halogenated alkanes) is 2. The van der Waals surface area contributed by atoms with Gasteiger partial charge in [0.15, 0.2) is 0 Å². The molecule has 0 bridgehead atoms. The minimum Gasteiger partial charge on any atom is -0.444 e. The molecular formula is C30H49N3O4S. The quantitative estimate of drug-likeness (QED) is 0.236. The summed E-state index contributed by atoms with van der Waals surface area (Å²) in [4.78, 5) is 42.3. The van der Waals surface area contributed by atoms with Crippen LogP contribution in [0.2, 0.25) is 0 Å². The van der Waals surface area contributed by atoms with Crippen molar-refractivity contribution < 1.29 is 19.1 Å². The van der Waals surface area contributed by atoms with Crippen molar-refractivity contribution in [3.63, 3.8) is 0 Å². The van der Waals surface area contributed by atoms with Crippen molar-refractivity contribution in [2.45, 2.75) is 104 Å². The summed E-state index contributed by atoms with van der Waals surface area (Å²) in [7, 11) is 0. The van der Waals surface area contributed by atoms with Gasteiger partial charge in [-0.1, -0.05) is 64.0 Å². The summed E-state index contributed by atoms with van der Waals surface area (Å²) < 4.78 is 5.46. The molecule has 2 N–H and O–H groups in total. The summed E-state index contributed by atoms with van der Waals surface area (Å²) >= 11 is 1.60. The topological polar surface area (TPSA) is 87.7 Å². The lowest BCUT2D eigenvalue weighted by Crippen LogP contribution is -2.54. The lowest BCUT2D eigenvalue weighted by atomic mass is 9.99. The number of benzene rings is 1. The molecule has 38 heavy (non-hydrogen) atoms. The van der Waals surface area contributed by atoms with Crippen LogP contribution in [0.4, 0.5) is 4.79 Å². The number of nitrogens with one attached hydrogen (secondary N) is 2. The molecule has 7 nitrogen and oxygen atoms in total. The molecule has 0 heterocycles. The molecule has 0 saturated carbocycles. The predicted octanol–water partition coefficient (Wildman–Crippen LogP) is 6.34. The Hall–Kier alpha value is -2.48. The number of thioether (sulfide) groups is 1. The minimum atomic E-state index is -0.837. The first-order valence-corrected chi connectivity index (χ1v) is 15.2. The van der Waals surface area contributed by atoms with Crippen molar-refractivity contribution in [1.29, 1.82) is 0 Å². The first-order chi connectivity index (χ1) is 18.0. The Bertz CT molecular complexity index is 900. The number of carbonyl (C=O) groups is 3. The highest BCUT2D eigenvalue weighted by Crippen LogP contribution is 2.26. The van der Waals surface area contributed by atoms with E-state index in [2.05, 4.69) is 31.1 Å². The third kappa shape index (κ3) is 11.9. The smallest absolute Gasteiger partial charge is 0.408 e. The van der Waals surface area contributed by atoms with Crippen LogP contribution < -0.4 is 10.6 Å². The Morgan fingerprint density at radius 1 is 1.11 bits per heavy atom. The summed E-state index contributed by atoms with van der Waals surface area (Å²) in [6.07, 6.45) is 7.90. The van der Waals surface area contributed by atoms with Crippen molar-refractivity contribution in [3.05, 3.63) is 42.0 Å². The van der Waals surface area contributed by atoms with Crippen molar-refractivity contribution in [2.24, 2.45) is 0 Å². The fraction of sp³-hybridized carbons (Fsp3) is 0.633. The monoisotopic (exact) mass is 547 g/mol. The molecular weight excluding hydrogens is 498 g/mol. The molecule has 0 saturated heterocycles. The van der Waals surface area contributed by atoms with Crippen LogP contribution in [0.1, 0.15) is 97.2 Å². The molecule has 0 aliphatic rings. The highest BCUT2D eigenvalue weighted by molar-refractivity contribution is 7.98. The fourth-order valence-corrected chi connectivity index (χ4v) is 4.67. The van der Waals surface area contributed by atoms with Gasteiger partial charge in [0.2, 0.25) is 11.8 Å². The number of hydrogen-bond donors (Lipinski definition) is 2. The van der Waals surface area contributed by atoms with Gasteiger partial charge in [0.1, 0.15) is 17.7 Å². The Labute approximate surface area is 234 Å². The van der Waals surface area contributed by atoms with Gasteiger partial charge in [-0.05, 0) is 76.2 Å². The second-order valence-corrected chi connectivity index (χ2v) is 11.7. The molecule has 8 heteroatoms. The Morgan fingerprint density at radius 2 is 1.82 bits per heavy atom. The maximum absolute atomic E-state index is 14.2. The van der Waals surface area contributed by atoms with Crippen LogP contribution in [-0.4, -0.2) is 59.0 Å². The highest BCUT2D eigenvalue weighted by atomic mass is 32.2. The van der Waals surface area contributed by atoms with Crippen LogP contribution in [-0.2, 0) is 14.3 Å². The molecule has 0 aliphatic carbocycles. The van der Waals surface area contributed by atoms with E-state index >= 15 is 0 Å². The zero-order valence-corrected chi connectivity index (χ0v) is 25.3. The van der Waals surface area contributed by atoms with Crippen LogP contribution >= 0.6 is 11.8 Å². The Morgan fingerprint density at radius 3 is 2.39 bits per heavy atom. The molecule has 1 rings (SSSR count). The number of nitrogens with zero attached hydrogens (tertiary/aromatic N) is 1. The van der Waals surface area contributed by atoms with E-state index in [0.29, 0.717) is 24.3 Å². The molecule has 214 valence electrons. The Kier molecular flexibility index (Phi) is 15.2. The molecule has 0 aliphatic heterocycles. The van der Waals surface area contributed by atoms with E-state index in [1.165, 1.54) is 0 Å². The number of carbonyl (C=O) groups excluding carboxylic acids is 3. The van der Waals surface area contributed by atoms with Crippen LogP contribution in [0.25, 0.3) is 6.08 Å². The SMILES string of the molecule is C=Cc1cccc(C(C(=O)NC(C)CCC)N(CCCCC)C(=O)C(CCSC)NC(=O)OC(C)(C)C)c1. The standard InChI is InChI=1S/C30H49N3O4S/c1-9-12-13-19-33(28(35)25(18-20-38-8)32-29(36)37-30(5,6)7)26(27(34)31-22(4)15-10-2)24-17-14-16-23(11-3)21-24/h11,14,16-17,21-22,25-26H,3,9-10,12-13,15,18-20H2,1-2,4-8H3,(H,31,34)(H,32,36). The molecule has 3 amide bonds. The maximum atomic E-state index is 14.2. The molecule has 1 aromatic rings. The van der Waals surface area contributed by atoms with Gasteiger partial charge in [-0.15, -0.1) is 0 Å². The van der Waals surface area contributed by atoms with Gasteiger partial charge in [0, 0.05) is 12.6 Å². The number of alkyl carbamates (subject to hydrolysis) is 1. The third-order valence-electron chi connectivity index (χ3n) is 6.02. The zero-order chi connectivity index (χ0) is 28.7. The average Bonchev–Trinajstić information content (AvgIpc) is 2.84. The molecule has 0 spiro atoms. The Balaban J connectivity index is 3.52. The van der Waals surface area contributed by atoms with Gasteiger partial charge in [0.25, 0.3) is 0 Å². The molecule has 0 radical (unpaired) electrons. The van der Waals surface area contributed by atoms with Crippen LogP contribution in [0.5, 0.6) is 0 Å². The van der Waals surface area contributed by atoms with E-state index in [1.54, 1.807) is 43.5 Å². The number of ether oxygens (including phenoxy) is 1. The van der Waals surface area contributed by atoms with E-state index in [-0.39, 0.29) is 17.9 Å². The van der Waals surface area contributed by atoms with Gasteiger partial charge >= 0.3 is 6.09 Å². The van der Waals surface area contributed by atoms with E-state index in [0.717, 1.165) is 37.7 Å². The van der Waals surface area contributed by atoms with Crippen molar-refractivity contribution in [2.75, 3.05) is 18.6 Å². The summed E-state index contributed by atoms with van der Waals surface area (Å²) in [5, 5.41) is 5.92. The predicted molar refractivity (Wildman–Crippen MR) is 159 cm³/mol. The van der Waals surface area contributed by atoms with Gasteiger partial charge < -0.3 is 20.3 Å². The van der Waals surface area contributed by atoms with Crippen molar-refractivity contribution >= 4 is 35.7 Å². The van der Waals surface area contributed by atoms with Gasteiger partial charge in [-0.2, -0.15) is 11.8 Å². The number of hydrogen-bond acceptors (Lipinski definition) is 5. The van der Waals surface area contributed by atoms with Gasteiger partial charge in [0.05, 0.1) is 0 Å². The van der Waals surface area contributed by atoms with Crippen LogP contribution in [0.3, 0.4) is 0 Å². The minimum absolute atomic E-state index is 0.0302. The van der Waals surface area contributed by atoms with E-state index < -0.39 is 23.8 Å². The number of amides is 3. The largest absolute Gasteiger partial charge is 0.444 e. The zero-order valence-electron chi connectivity index (χ0n) is 24.5. The third-order valence-corrected chi connectivity index (χ3v) is 6.66. The van der Waals surface area contributed by atoms with E-state index in [1.807, 2.05) is 37.4 Å². The normalized spacial score (nSPS) is 13.7. The van der Waals surface area contributed by atoms with E-state index in [4.69, 9.17) is 4.74 Å². The molecule has 3 atom stereocenters. The second kappa shape index (κ2) is 17.2. The lowest BCUT2D eigenvalue weighted by molar-refractivity contribution is -0.143. The molecule has 0 aromatic heterocycles. The average molecular weight is 548 g/mol. The second-order valence-electron chi connectivity index (χ2n) is 10.7. The first-order valence-electron chi connectivity index (χ1n) is 13.8. The summed E-state index contributed by atoms with van der Waals surface area (Å²) in [6.45, 7) is 15.8.